The van der Waals surface area contributed by atoms with Crippen molar-refractivity contribution in [2.75, 3.05) is 20.3 Å². The van der Waals surface area contributed by atoms with Crippen molar-refractivity contribution in [3.05, 3.63) is 60.2 Å². The van der Waals surface area contributed by atoms with Crippen LogP contribution in [0.25, 0.3) is 0 Å². The average molecular weight is 382 g/mol. The van der Waals surface area contributed by atoms with Crippen LogP contribution in [0, 0.1) is 11.8 Å². The minimum Gasteiger partial charge on any atom is -0.497 e. The molecule has 0 bridgehead atoms. The fraction of sp³-hybridized carbons (Fsp3) is 0.364. The van der Waals surface area contributed by atoms with Crippen LogP contribution < -0.4 is 20.1 Å². The SMILES string of the molecule is COc1ccc(OCCNC(=O)C2CC2C(=O)NC(C)c2ccccc2)cc1. The maximum Gasteiger partial charge on any atom is 0.224 e. The van der Waals surface area contributed by atoms with E-state index in [0.29, 0.717) is 25.3 Å². The van der Waals surface area contributed by atoms with Gasteiger partial charge in [-0.3, -0.25) is 9.59 Å². The number of hydrogen-bond acceptors (Lipinski definition) is 4. The highest BCUT2D eigenvalue weighted by Crippen LogP contribution is 2.39. The lowest BCUT2D eigenvalue weighted by molar-refractivity contribution is -0.127. The van der Waals surface area contributed by atoms with Gasteiger partial charge in [-0.05, 0) is 43.2 Å². The minimum atomic E-state index is -0.246. The van der Waals surface area contributed by atoms with E-state index >= 15 is 0 Å². The summed E-state index contributed by atoms with van der Waals surface area (Å²) in [7, 11) is 1.61. The van der Waals surface area contributed by atoms with Crippen LogP contribution in [-0.4, -0.2) is 32.1 Å². The van der Waals surface area contributed by atoms with Crippen molar-refractivity contribution >= 4 is 11.8 Å². The van der Waals surface area contributed by atoms with Gasteiger partial charge < -0.3 is 20.1 Å². The summed E-state index contributed by atoms with van der Waals surface area (Å²) in [5.74, 6) is 0.836. The number of carbonyl (C=O) groups excluding carboxylic acids is 2. The standard InChI is InChI=1S/C22H26N2O4/c1-15(16-6-4-3-5-7-16)24-22(26)20-14-19(20)21(25)23-12-13-28-18-10-8-17(27-2)9-11-18/h3-11,15,19-20H,12-14H2,1-2H3,(H,23,25)(H,24,26). The molecular formula is C22H26N2O4. The van der Waals surface area contributed by atoms with Crippen molar-refractivity contribution in [3.8, 4) is 11.5 Å². The van der Waals surface area contributed by atoms with Gasteiger partial charge in [-0.2, -0.15) is 0 Å². The first-order valence-corrected chi connectivity index (χ1v) is 9.48. The van der Waals surface area contributed by atoms with Crippen molar-refractivity contribution in [1.82, 2.24) is 10.6 Å². The summed E-state index contributed by atoms with van der Waals surface area (Å²) in [6.45, 7) is 2.71. The zero-order chi connectivity index (χ0) is 19.9. The van der Waals surface area contributed by atoms with Crippen molar-refractivity contribution in [2.45, 2.75) is 19.4 Å². The van der Waals surface area contributed by atoms with Gasteiger partial charge in [0.1, 0.15) is 18.1 Å². The van der Waals surface area contributed by atoms with Crippen LogP contribution >= 0.6 is 0 Å². The van der Waals surface area contributed by atoms with Crippen LogP contribution in [0.2, 0.25) is 0 Å². The molecule has 0 aliphatic heterocycles. The van der Waals surface area contributed by atoms with Gasteiger partial charge in [0.15, 0.2) is 0 Å². The molecule has 28 heavy (non-hydrogen) atoms. The molecule has 1 fully saturated rings. The van der Waals surface area contributed by atoms with Gasteiger partial charge in [-0.1, -0.05) is 30.3 Å². The second-order valence-electron chi connectivity index (χ2n) is 6.90. The first-order chi connectivity index (χ1) is 13.6. The molecule has 2 aromatic carbocycles. The van der Waals surface area contributed by atoms with Gasteiger partial charge >= 0.3 is 0 Å². The molecule has 0 spiro atoms. The third-order valence-corrected chi connectivity index (χ3v) is 4.85. The Hall–Kier alpha value is -3.02. The molecule has 0 radical (unpaired) electrons. The molecule has 2 N–H and O–H groups in total. The van der Waals surface area contributed by atoms with Gasteiger partial charge in [0.2, 0.25) is 11.8 Å². The largest absolute Gasteiger partial charge is 0.497 e. The Labute approximate surface area is 165 Å². The number of amides is 2. The predicted octanol–water partition coefficient (Wildman–Crippen LogP) is 2.70. The fourth-order valence-electron chi connectivity index (χ4n) is 3.07. The lowest BCUT2D eigenvalue weighted by Gasteiger charge is -2.14. The normalized spacial score (nSPS) is 18.6. The summed E-state index contributed by atoms with van der Waals surface area (Å²) in [6.07, 6.45) is 0.596. The van der Waals surface area contributed by atoms with Gasteiger partial charge in [0.25, 0.3) is 0 Å². The fourth-order valence-corrected chi connectivity index (χ4v) is 3.07. The van der Waals surface area contributed by atoms with Crippen LogP contribution in [0.3, 0.4) is 0 Å². The molecule has 3 unspecified atom stereocenters. The van der Waals surface area contributed by atoms with Gasteiger partial charge in [0, 0.05) is 0 Å². The third-order valence-electron chi connectivity index (χ3n) is 4.85. The average Bonchev–Trinajstić information content (AvgIpc) is 3.53. The van der Waals surface area contributed by atoms with E-state index in [1.165, 1.54) is 0 Å². The molecule has 148 valence electrons. The smallest absolute Gasteiger partial charge is 0.224 e. The van der Waals surface area contributed by atoms with Gasteiger partial charge in [-0.15, -0.1) is 0 Å². The summed E-state index contributed by atoms with van der Waals surface area (Å²) in [5, 5.41) is 5.83. The van der Waals surface area contributed by atoms with Crippen LogP contribution in [0.1, 0.15) is 24.9 Å². The number of rotatable bonds is 9. The predicted molar refractivity (Wildman–Crippen MR) is 106 cm³/mol. The van der Waals surface area contributed by atoms with Crippen LogP contribution in [-0.2, 0) is 9.59 Å². The number of hydrogen-bond donors (Lipinski definition) is 2. The summed E-state index contributed by atoms with van der Waals surface area (Å²) in [4.78, 5) is 24.6. The summed E-state index contributed by atoms with van der Waals surface area (Å²) >= 11 is 0. The molecular weight excluding hydrogens is 356 g/mol. The molecule has 1 aliphatic carbocycles. The number of methoxy groups -OCH3 is 1. The lowest BCUT2D eigenvalue weighted by Crippen LogP contribution is -2.33. The zero-order valence-corrected chi connectivity index (χ0v) is 16.2. The molecule has 0 saturated heterocycles. The maximum atomic E-state index is 12.3. The highest BCUT2D eigenvalue weighted by Gasteiger charge is 2.48. The summed E-state index contributed by atoms with van der Waals surface area (Å²) in [6, 6.07) is 17.0. The first kappa shape index (κ1) is 19.7. The van der Waals surface area contributed by atoms with E-state index in [4.69, 9.17) is 9.47 Å². The molecule has 3 rings (SSSR count). The van der Waals surface area contributed by atoms with E-state index < -0.39 is 0 Å². The second-order valence-corrected chi connectivity index (χ2v) is 6.90. The number of carbonyl (C=O) groups is 2. The molecule has 6 nitrogen and oxygen atoms in total. The zero-order valence-electron chi connectivity index (χ0n) is 16.2. The topological polar surface area (TPSA) is 76.7 Å². The Morgan fingerprint density at radius 2 is 1.64 bits per heavy atom. The summed E-state index contributed by atoms with van der Waals surface area (Å²) < 4.78 is 10.7. The lowest BCUT2D eigenvalue weighted by atomic mass is 10.1. The maximum absolute atomic E-state index is 12.3. The highest BCUT2D eigenvalue weighted by molar-refractivity contribution is 5.92. The van der Waals surface area contributed by atoms with Crippen LogP contribution in [0.5, 0.6) is 11.5 Å². The van der Waals surface area contributed by atoms with Crippen molar-refractivity contribution in [1.29, 1.82) is 0 Å². The Morgan fingerprint density at radius 1 is 1.00 bits per heavy atom. The molecule has 1 saturated carbocycles. The van der Waals surface area contributed by atoms with Crippen LogP contribution in [0.15, 0.2) is 54.6 Å². The molecule has 3 atom stereocenters. The van der Waals surface area contributed by atoms with Gasteiger partial charge in [0.05, 0.1) is 31.5 Å². The van der Waals surface area contributed by atoms with E-state index in [1.54, 1.807) is 7.11 Å². The quantitative estimate of drug-likeness (QED) is 0.654. The second kappa shape index (κ2) is 9.26. The van der Waals surface area contributed by atoms with Crippen molar-refractivity contribution in [2.24, 2.45) is 11.8 Å². The van der Waals surface area contributed by atoms with E-state index in [9.17, 15) is 9.59 Å². The molecule has 6 heteroatoms. The van der Waals surface area contributed by atoms with Crippen molar-refractivity contribution in [3.63, 3.8) is 0 Å². The molecule has 1 aliphatic rings. The van der Waals surface area contributed by atoms with Crippen molar-refractivity contribution < 1.29 is 19.1 Å². The van der Waals surface area contributed by atoms with Gasteiger partial charge in [-0.25, -0.2) is 0 Å². The Morgan fingerprint density at radius 3 is 2.32 bits per heavy atom. The highest BCUT2D eigenvalue weighted by atomic mass is 16.5. The van der Waals surface area contributed by atoms with E-state index in [2.05, 4.69) is 10.6 Å². The Kier molecular flexibility index (Phi) is 6.53. The van der Waals surface area contributed by atoms with E-state index in [-0.39, 0.29) is 29.7 Å². The molecule has 0 heterocycles. The van der Waals surface area contributed by atoms with Crippen LogP contribution in [0.4, 0.5) is 0 Å². The third kappa shape index (κ3) is 5.25. The summed E-state index contributed by atoms with van der Waals surface area (Å²) in [5.41, 5.74) is 1.05. The first-order valence-electron chi connectivity index (χ1n) is 9.48. The molecule has 2 amide bonds. The monoisotopic (exact) mass is 382 g/mol. The minimum absolute atomic E-state index is 0.0639. The number of nitrogens with one attached hydrogen (secondary N) is 2. The Bertz CT molecular complexity index is 792. The molecule has 2 aromatic rings. The number of benzene rings is 2. The Balaban J connectivity index is 1.35. The molecule has 0 aromatic heterocycles. The van der Waals surface area contributed by atoms with E-state index in [0.717, 1.165) is 11.3 Å². The van der Waals surface area contributed by atoms with E-state index in [1.807, 2.05) is 61.5 Å². The number of ether oxygens (including phenoxy) is 2.